The van der Waals surface area contributed by atoms with Gasteiger partial charge in [0.1, 0.15) is 6.10 Å². The van der Waals surface area contributed by atoms with Gasteiger partial charge in [0, 0.05) is 31.6 Å². The molecule has 0 aromatic carbocycles. The molecule has 5 rings (SSSR count). The number of allylic oxidation sites excluding steroid dienone is 2. The van der Waals surface area contributed by atoms with Crippen molar-refractivity contribution in [2.75, 3.05) is 0 Å². The Kier molecular flexibility index (Phi) is 9.24. The topological polar surface area (TPSA) is 78.9 Å². The van der Waals surface area contributed by atoms with Crippen LogP contribution in [0.4, 0.5) is 0 Å². The normalized spacial score (nSPS) is 47.0. The predicted molar refractivity (Wildman–Crippen MR) is 190 cm³/mol. The molecule has 1 unspecified atom stereocenters. The summed E-state index contributed by atoms with van der Waals surface area (Å²) in [6.45, 7) is 29.2. The number of fused-ring (bicyclic) bond motifs is 8. The zero-order valence-corrected chi connectivity index (χ0v) is 32.8. The highest BCUT2D eigenvalue weighted by Gasteiger charge is 2.76. The fourth-order valence-corrected chi connectivity index (χ4v) is 14.1. The molecule has 5 aliphatic rings. The van der Waals surface area contributed by atoms with Crippen molar-refractivity contribution in [3.05, 3.63) is 11.6 Å². The molecule has 0 radical (unpaired) electrons. The van der Waals surface area contributed by atoms with Crippen LogP contribution in [0.25, 0.3) is 0 Å². The summed E-state index contributed by atoms with van der Waals surface area (Å²) in [6, 6.07) is 0. The summed E-state index contributed by atoms with van der Waals surface area (Å²) in [6.07, 6.45) is 13.7. The van der Waals surface area contributed by atoms with Crippen molar-refractivity contribution < 1.29 is 28.6 Å². The Morgan fingerprint density at radius 3 is 2.08 bits per heavy atom. The first kappa shape index (κ1) is 37.4. The van der Waals surface area contributed by atoms with Crippen molar-refractivity contribution in [3.63, 3.8) is 0 Å². The Bertz CT molecular complexity index is 1350. The van der Waals surface area contributed by atoms with Crippen molar-refractivity contribution >= 4 is 17.9 Å². The lowest BCUT2D eigenvalue weighted by Gasteiger charge is -2.73. The molecule has 0 N–H and O–H groups in total. The van der Waals surface area contributed by atoms with Crippen LogP contribution in [0, 0.1) is 55.2 Å². The van der Waals surface area contributed by atoms with Gasteiger partial charge in [-0.15, -0.1) is 0 Å². The van der Waals surface area contributed by atoms with Gasteiger partial charge in [-0.1, -0.05) is 80.9 Å². The summed E-state index contributed by atoms with van der Waals surface area (Å²) < 4.78 is 17.6. The van der Waals surface area contributed by atoms with E-state index >= 15 is 0 Å². The maximum absolute atomic E-state index is 14.5. The highest BCUT2D eigenvalue weighted by molar-refractivity contribution is 5.80. The fraction of sp³-hybridized carbons (Fsp3) is 0.881. The Hall–Kier alpha value is -1.85. The van der Waals surface area contributed by atoms with E-state index in [2.05, 4.69) is 75.3 Å². The van der Waals surface area contributed by atoms with Gasteiger partial charge in [-0.25, -0.2) is 0 Å². The van der Waals surface area contributed by atoms with E-state index in [0.29, 0.717) is 11.8 Å². The third-order valence-electron chi connectivity index (χ3n) is 17.6. The second kappa shape index (κ2) is 11.9. The first-order valence-corrected chi connectivity index (χ1v) is 19.4. The molecule has 4 saturated carbocycles. The van der Waals surface area contributed by atoms with Crippen LogP contribution in [-0.2, 0) is 28.6 Å². The molecule has 0 spiro atoms. The molecule has 0 aromatic heterocycles. The fourth-order valence-electron chi connectivity index (χ4n) is 14.1. The lowest BCUT2D eigenvalue weighted by molar-refractivity contribution is -0.219. The highest BCUT2D eigenvalue weighted by Crippen LogP contribution is 2.82. The van der Waals surface area contributed by atoms with E-state index in [9.17, 15) is 14.4 Å². The van der Waals surface area contributed by atoms with Crippen LogP contribution >= 0.6 is 0 Å². The lowest BCUT2D eigenvalue weighted by atomic mass is 9.30. The number of ether oxygens (including phenoxy) is 3. The molecule has 0 saturated heterocycles. The molecule has 4 fully saturated rings. The molecular weight excluding hydrogens is 600 g/mol. The number of hydrogen-bond donors (Lipinski definition) is 0. The summed E-state index contributed by atoms with van der Waals surface area (Å²) in [5, 5.41) is 0. The maximum atomic E-state index is 14.5. The molecule has 11 atom stereocenters. The van der Waals surface area contributed by atoms with Gasteiger partial charge >= 0.3 is 17.9 Å². The monoisotopic (exact) mass is 669 g/mol. The first-order valence-electron chi connectivity index (χ1n) is 19.4. The van der Waals surface area contributed by atoms with Gasteiger partial charge in [-0.2, -0.15) is 0 Å². The first-order chi connectivity index (χ1) is 22.1. The Morgan fingerprint density at radius 1 is 0.833 bits per heavy atom. The van der Waals surface area contributed by atoms with Crippen molar-refractivity contribution in [1.29, 1.82) is 0 Å². The molecule has 6 heteroatoms. The van der Waals surface area contributed by atoms with Gasteiger partial charge in [-0.3, -0.25) is 14.4 Å². The van der Waals surface area contributed by atoms with Crippen molar-refractivity contribution in [3.8, 4) is 0 Å². The second-order valence-corrected chi connectivity index (χ2v) is 18.8. The maximum Gasteiger partial charge on any atom is 0.316 e. The summed E-state index contributed by atoms with van der Waals surface area (Å²) in [4.78, 5) is 38.7. The lowest BCUT2D eigenvalue weighted by Crippen LogP contribution is -2.67. The van der Waals surface area contributed by atoms with Crippen LogP contribution in [0.1, 0.15) is 167 Å². The van der Waals surface area contributed by atoms with Crippen LogP contribution in [0.5, 0.6) is 0 Å². The number of esters is 3. The van der Waals surface area contributed by atoms with E-state index < -0.39 is 17.7 Å². The molecule has 6 nitrogen and oxygen atoms in total. The van der Waals surface area contributed by atoms with Crippen LogP contribution in [0.2, 0.25) is 0 Å². The largest absolute Gasteiger partial charge is 0.462 e. The number of rotatable bonds is 6. The van der Waals surface area contributed by atoms with Crippen LogP contribution in [0.3, 0.4) is 0 Å². The van der Waals surface area contributed by atoms with Crippen LogP contribution in [0.15, 0.2) is 11.6 Å². The number of carbonyl (C=O) groups is 3. The minimum Gasteiger partial charge on any atom is -0.462 e. The molecule has 0 aromatic rings. The van der Waals surface area contributed by atoms with Crippen molar-refractivity contribution in [2.24, 2.45) is 55.2 Å². The Labute approximate surface area is 292 Å². The van der Waals surface area contributed by atoms with Gasteiger partial charge in [0.25, 0.3) is 0 Å². The zero-order chi connectivity index (χ0) is 35.9. The van der Waals surface area contributed by atoms with E-state index in [1.165, 1.54) is 12.5 Å². The van der Waals surface area contributed by atoms with E-state index in [4.69, 9.17) is 14.2 Å². The van der Waals surface area contributed by atoms with Gasteiger partial charge in [0.2, 0.25) is 6.29 Å². The third kappa shape index (κ3) is 4.64. The quantitative estimate of drug-likeness (QED) is 0.159. The highest BCUT2D eigenvalue weighted by atomic mass is 16.7. The SMILES string of the molecule is CC[C@]12CC[C@]3(C)[C@](CC)(CC=C4[C@@]3(C)CC[C@@]3(C(=O)OC(C)OC(C)=O)CC[C@@H](C)[C@H](C)[C@@]43C)[C@@](C)(CC[C@H](OC(C)=O)C1(C)C)C2. The third-order valence-corrected chi connectivity index (χ3v) is 17.6. The predicted octanol–water partition coefficient (Wildman–Crippen LogP) is 10.4. The van der Waals surface area contributed by atoms with E-state index in [1.807, 2.05) is 0 Å². The van der Waals surface area contributed by atoms with Crippen molar-refractivity contribution in [2.45, 2.75) is 179 Å². The average molecular weight is 669 g/mol. The molecule has 0 amide bonds. The average Bonchev–Trinajstić information content (AvgIpc) is 3.14. The molecule has 0 aliphatic heterocycles. The van der Waals surface area contributed by atoms with Crippen molar-refractivity contribution in [1.82, 2.24) is 0 Å². The smallest absolute Gasteiger partial charge is 0.316 e. The van der Waals surface area contributed by atoms with E-state index in [-0.39, 0.29) is 55.9 Å². The number of carbonyl (C=O) groups excluding carboxylic acids is 3. The van der Waals surface area contributed by atoms with Crippen LogP contribution < -0.4 is 0 Å². The summed E-state index contributed by atoms with van der Waals surface area (Å²) in [7, 11) is 0. The Morgan fingerprint density at radius 2 is 1.50 bits per heavy atom. The minimum absolute atomic E-state index is 0.000630. The summed E-state index contributed by atoms with van der Waals surface area (Å²) in [5.74, 6) is -0.0252. The van der Waals surface area contributed by atoms with Crippen LogP contribution in [-0.4, -0.2) is 30.3 Å². The molecule has 48 heavy (non-hydrogen) atoms. The van der Waals surface area contributed by atoms with Gasteiger partial charge in [0.05, 0.1) is 5.41 Å². The van der Waals surface area contributed by atoms with E-state index in [0.717, 1.165) is 77.0 Å². The minimum atomic E-state index is -0.906. The standard InChI is InChI=1S/C42H68O6/c1-14-40-24-23-38(12)37(11)22-25-41(34(45)48-31(7)46-29(5)43)20-16-27(3)28(4)39(41,13)32(37)17-21-42(38,15-2)36(10,26-40)19-18-33(35(40,8)9)47-30(6)44/h17,27-28,31,33H,14-16,18-26H2,1-13H3/t27-,28+,31?,33+,36+,37-,38+,39+,40-,41-,42-/m1/s1. The zero-order valence-electron chi connectivity index (χ0n) is 32.8. The van der Waals surface area contributed by atoms with Gasteiger partial charge < -0.3 is 14.2 Å². The van der Waals surface area contributed by atoms with E-state index in [1.54, 1.807) is 13.8 Å². The molecule has 0 heterocycles. The number of hydrogen-bond acceptors (Lipinski definition) is 6. The Balaban J connectivity index is 1.69. The molecule has 2 bridgehead atoms. The van der Waals surface area contributed by atoms with Gasteiger partial charge in [-0.05, 0) is 116 Å². The summed E-state index contributed by atoms with van der Waals surface area (Å²) >= 11 is 0. The summed E-state index contributed by atoms with van der Waals surface area (Å²) in [5.41, 5.74) is 0.357. The molecule has 5 aliphatic carbocycles. The molecule has 272 valence electrons. The van der Waals surface area contributed by atoms with Gasteiger partial charge in [0.15, 0.2) is 0 Å². The molecular formula is C42H68O6. The second-order valence-electron chi connectivity index (χ2n) is 18.8.